The number of piperidine rings is 4. The average molecular weight is 771 g/mol. The van der Waals surface area contributed by atoms with E-state index in [9.17, 15) is 19.2 Å². The van der Waals surface area contributed by atoms with E-state index in [1.165, 1.54) is 9.75 Å². The van der Waals surface area contributed by atoms with Crippen LogP contribution in [0.3, 0.4) is 0 Å². The molecule has 4 amide bonds. The van der Waals surface area contributed by atoms with E-state index < -0.39 is 0 Å². The van der Waals surface area contributed by atoms with Crippen LogP contribution in [-0.2, 0) is 27.4 Å². The minimum atomic E-state index is -0.194. The van der Waals surface area contributed by atoms with Crippen LogP contribution in [-0.4, -0.2) is 134 Å². The normalized spacial score (nSPS) is 21.1. The average Bonchev–Trinajstić information content (AvgIpc) is 3.84. The van der Waals surface area contributed by atoms with Crippen molar-refractivity contribution in [3.05, 3.63) is 43.8 Å². The molecule has 4 saturated heterocycles. The van der Waals surface area contributed by atoms with E-state index in [1.54, 1.807) is 22.7 Å². The van der Waals surface area contributed by atoms with Crippen molar-refractivity contribution >= 4 is 46.3 Å². The Bertz CT molecular complexity index is 1390. The number of hydrogen-bond donors (Lipinski definition) is 4. The first-order chi connectivity index (χ1) is 25.7. The molecule has 0 aromatic carbocycles. The lowest BCUT2D eigenvalue weighted by molar-refractivity contribution is -0.124. The van der Waals surface area contributed by atoms with Gasteiger partial charge < -0.3 is 36.6 Å². The van der Waals surface area contributed by atoms with E-state index in [2.05, 4.69) is 30.2 Å². The molecule has 0 saturated carbocycles. The number of thiophene rings is 2. The van der Waals surface area contributed by atoms with Crippen LogP contribution in [0.2, 0.25) is 0 Å². The molecule has 0 aliphatic carbocycles. The number of carbonyl (C=O) groups is 4. The van der Waals surface area contributed by atoms with E-state index in [0.717, 1.165) is 140 Å². The van der Waals surface area contributed by atoms with Gasteiger partial charge in [-0.3, -0.25) is 29.0 Å². The van der Waals surface area contributed by atoms with Crippen LogP contribution < -0.4 is 22.1 Å². The van der Waals surface area contributed by atoms with Gasteiger partial charge in [0, 0.05) is 87.0 Å². The predicted molar refractivity (Wildman–Crippen MR) is 208 cm³/mol. The van der Waals surface area contributed by atoms with E-state index >= 15 is 0 Å². The minimum absolute atomic E-state index is 0.00987. The van der Waals surface area contributed by atoms with Crippen molar-refractivity contribution < 1.29 is 23.9 Å². The Labute approximate surface area is 321 Å². The molecule has 0 spiro atoms. The second-order valence-corrected chi connectivity index (χ2v) is 17.5. The standard InChI is InChI=1S/C38H58N8O5S2/c39-35(47)27-5-15-45(16-6-27)25-31-1-3-33(52-31)37(49)41-13-23-43-19-9-29(10-20-43)51-30-11-21-44(22-12-30)24-14-42-38(50)34-4-2-32(53-34)26-46-17-7-28(8-18-46)36(40)48/h1-4,27-30H,5-26H2,(H2,39,47)(H2,40,48)(H,41,49)(H,42,50). The Kier molecular flexibility index (Phi) is 14.7. The topological polar surface area (TPSA) is 167 Å². The summed E-state index contributed by atoms with van der Waals surface area (Å²) in [6.07, 6.45) is 7.89. The molecular formula is C38H58N8O5S2. The maximum atomic E-state index is 12.8. The lowest BCUT2D eigenvalue weighted by Gasteiger charge is -2.37. The van der Waals surface area contributed by atoms with Gasteiger partial charge in [0.15, 0.2) is 0 Å². The Balaban J connectivity index is 0.784. The lowest BCUT2D eigenvalue weighted by Crippen LogP contribution is -2.44. The van der Waals surface area contributed by atoms with Gasteiger partial charge in [-0.15, -0.1) is 22.7 Å². The zero-order chi connectivity index (χ0) is 37.2. The highest BCUT2D eigenvalue weighted by molar-refractivity contribution is 7.14. The quantitative estimate of drug-likeness (QED) is 0.201. The van der Waals surface area contributed by atoms with Crippen LogP contribution in [0.4, 0.5) is 0 Å². The molecule has 0 bridgehead atoms. The summed E-state index contributed by atoms with van der Waals surface area (Å²) >= 11 is 3.10. The molecular weight excluding hydrogens is 713 g/mol. The molecule has 4 aliphatic heterocycles. The van der Waals surface area contributed by atoms with Crippen LogP contribution >= 0.6 is 22.7 Å². The van der Waals surface area contributed by atoms with Gasteiger partial charge in [-0.05, 0) is 102 Å². The Morgan fingerprint density at radius 1 is 0.566 bits per heavy atom. The molecule has 6 heterocycles. The van der Waals surface area contributed by atoms with Crippen molar-refractivity contribution in [1.29, 1.82) is 0 Å². The summed E-state index contributed by atoms with van der Waals surface area (Å²) in [5.41, 5.74) is 10.9. The Hall–Kier alpha value is -2.92. The highest BCUT2D eigenvalue weighted by Crippen LogP contribution is 2.25. The Morgan fingerprint density at radius 2 is 0.925 bits per heavy atom. The van der Waals surface area contributed by atoms with Gasteiger partial charge in [-0.25, -0.2) is 0 Å². The number of nitrogens with one attached hydrogen (secondary N) is 2. The minimum Gasteiger partial charge on any atom is -0.375 e. The van der Waals surface area contributed by atoms with Gasteiger partial charge in [0.1, 0.15) is 0 Å². The number of hydrogen-bond acceptors (Lipinski definition) is 11. The lowest BCUT2D eigenvalue weighted by atomic mass is 9.96. The number of likely N-dealkylation sites (tertiary alicyclic amines) is 4. The van der Waals surface area contributed by atoms with Crippen LogP contribution in [0, 0.1) is 11.8 Å². The molecule has 6 rings (SSSR count). The largest absolute Gasteiger partial charge is 0.375 e. The summed E-state index contributed by atoms with van der Waals surface area (Å²) in [6.45, 7) is 11.9. The van der Waals surface area contributed by atoms with Crippen molar-refractivity contribution in [3.63, 3.8) is 0 Å². The zero-order valence-electron chi connectivity index (χ0n) is 31.0. The maximum Gasteiger partial charge on any atom is 0.261 e. The van der Waals surface area contributed by atoms with E-state index in [4.69, 9.17) is 16.2 Å². The number of rotatable bonds is 16. The summed E-state index contributed by atoms with van der Waals surface area (Å²) in [7, 11) is 0. The van der Waals surface area contributed by atoms with Crippen molar-refractivity contribution in [2.75, 3.05) is 78.5 Å². The zero-order valence-corrected chi connectivity index (χ0v) is 32.6. The SMILES string of the molecule is NC(=O)C1CCN(Cc2ccc(C(=O)NCCN3CCC(OC4CCN(CCNC(=O)c5ccc(CN6CCC(C(N)=O)CC6)s5)CC4)CC3)s2)CC1. The summed E-state index contributed by atoms with van der Waals surface area (Å²) in [5, 5.41) is 6.21. The molecule has 0 atom stereocenters. The first kappa shape index (κ1) is 39.8. The number of amides is 4. The van der Waals surface area contributed by atoms with Crippen LogP contribution in [0.5, 0.6) is 0 Å². The maximum absolute atomic E-state index is 12.8. The predicted octanol–water partition coefficient (Wildman–Crippen LogP) is 2.31. The first-order valence-corrected chi connectivity index (χ1v) is 21.2. The van der Waals surface area contributed by atoms with Gasteiger partial charge in [0.2, 0.25) is 11.8 Å². The van der Waals surface area contributed by atoms with Crippen molar-refractivity contribution in [2.24, 2.45) is 23.3 Å². The van der Waals surface area contributed by atoms with Gasteiger partial charge in [0.05, 0.1) is 22.0 Å². The summed E-state index contributed by atoms with van der Waals surface area (Å²) in [5.74, 6) is -0.428. The molecule has 2 aromatic rings. The molecule has 13 nitrogen and oxygen atoms in total. The second kappa shape index (κ2) is 19.6. The molecule has 4 aliphatic rings. The highest BCUT2D eigenvalue weighted by Gasteiger charge is 2.27. The second-order valence-electron chi connectivity index (χ2n) is 15.2. The van der Waals surface area contributed by atoms with Crippen LogP contribution in [0.25, 0.3) is 0 Å². The van der Waals surface area contributed by atoms with E-state index in [-0.39, 0.29) is 35.5 Å². The third-order valence-corrected chi connectivity index (χ3v) is 13.5. The van der Waals surface area contributed by atoms with Gasteiger partial charge in [-0.1, -0.05) is 0 Å². The monoisotopic (exact) mass is 770 g/mol. The number of nitrogens with two attached hydrogens (primary N) is 2. The molecule has 53 heavy (non-hydrogen) atoms. The molecule has 2 aromatic heterocycles. The Morgan fingerprint density at radius 3 is 1.28 bits per heavy atom. The third-order valence-electron chi connectivity index (χ3n) is 11.4. The molecule has 4 fully saturated rings. The summed E-state index contributed by atoms with van der Waals surface area (Å²) < 4.78 is 6.54. The number of nitrogens with zero attached hydrogens (tertiary/aromatic N) is 4. The van der Waals surface area contributed by atoms with Crippen LogP contribution in [0.1, 0.15) is 80.5 Å². The molecule has 6 N–H and O–H groups in total. The molecule has 15 heteroatoms. The van der Waals surface area contributed by atoms with Crippen molar-refractivity contribution in [1.82, 2.24) is 30.2 Å². The number of primary amides is 2. The summed E-state index contributed by atoms with van der Waals surface area (Å²) in [6, 6.07) is 7.92. The number of carbonyl (C=O) groups excluding carboxylic acids is 4. The smallest absolute Gasteiger partial charge is 0.261 e. The van der Waals surface area contributed by atoms with E-state index in [1.807, 2.05) is 24.3 Å². The molecule has 0 unspecified atom stereocenters. The molecule has 292 valence electrons. The fraction of sp³-hybridized carbons (Fsp3) is 0.684. The fourth-order valence-electron chi connectivity index (χ4n) is 8.00. The van der Waals surface area contributed by atoms with Gasteiger partial charge >= 0.3 is 0 Å². The van der Waals surface area contributed by atoms with Crippen LogP contribution in [0.15, 0.2) is 24.3 Å². The van der Waals surface area contributed by atoms with Crippen molar-refractivity contribution in [2.45, 2.75) is 76.7 Å². The number of ether oxygens (including phenoxy) is 1. The molecule has 0 radical (unpaired) electrons. The fourth-order valence-corrected chi connectivity index (χ4v) is 9.93. The summed E-state index contributed by atoms with van der Waals surface area (Å²) in [4.78, 5) is 61.8. The highest BCUT2D eigenvalue weighted by atomic mass is 32.1. The first-order valence-electron chi connectivity index (χ1n) is 19.6. The third kappa shape index (κ3) is 12.0. The van der Waals surface area contributed by atoms with E-state index in [0.29, 0.717) is 25.3 Å². The van der Waals surface area contributed by atoms with Gasteiger partial charge in [-0.2, -0.15) is 0 Å². The van der Waals surface area contributed by atoms with Crippen molar-refractivity contribution in [3.8, 4) is 0 Å². The van der Waals surface area contributed by atoms with Gasteiger partial charge in [0.25, 0.3) is 11.8 Å².